The molecule has 25 heavy (non-hydrogen) atoms. The van der Waals surface area contributed by atoms with E-state index in [-0.39, 0.29) is 5.41 Å². The smallest absolute Gasteiger partial charge is 0.264 e. The van der Waals surface area contributed by atoms with Crippen molar-refractivity contribution >= 4 is 10.4 Å². The van der Waals surface area contributed by atoms with Gasteiger partial charge in [-0.15, -0.1) is 0 Å². The molecule has 5 heteroatoms. The van der Waals surface area contributed by atoms with Gasteiger partial charge in [0, 0.05) is 0 Å². The fourth-order valence-electron chi connectivity index (χ4n) is 5.66. The zero-order chi connectivity index (χ0) is 18.9. The highest BCUT2D eigenvalue weighted by molar-refractivity contribution is 7.80. The molecule has 0 aromatic carbocycles. The van der Waals surface area contributed by atoms with Crippen LogP contribution in [-0.4, -0.2) is 19.1 Å². The van der Waals surface area contributed by atoms with Gasteiger partial charge in [-0.2, -0.15) is 8.42 Å². The Bertz CT molecular complexity index is 593. The summed E-state index contributed by atoms with van der Waals surface area (Å²) in [4.78, 5) is 0. The van der Waals surface area contributed by atoms with Crippen molar-refractivity contribution in [2.45, 2.75) is 92.1 Å². The highest BCUT2D eigenvalue weighted by atomic mass is 32.3. The maximum Gasteiger partial charge on any atom is 0.397 e. The first-order valence-corrected chi connectivity index (χ1v) is 11.2. The molecule has 2 aliphatic rings. The summed E-state index contributed by atoms with van der Waals surface area (Å²) in [5, 5.41) is 0. The molecule has 0 aromatic rings. The summed E-state index contributed by atoms with van der Waals surface area (Å²) >= 11 is 0. The van der Waals surface area contributed by atoms with Crippen molar-refractivity contribution in [3.63, 3.8) is 0 Å². The van der Waals surface area contributed by atoms with Gasteiger partial charge < -0.3 is 0 Å². The van der Waals surface area contributed by atoms with E-state index in [0.717, 1.165) is 19.3 Å². The minimum absolute atomic E-state index is 0.174. The van der Waals surface area contributed by atoms with Crippen LogP contribution in [-0.2, 0) is 14.6 Å². The van der Waals surface area contributed by atoms with Crippen LogP contribution in [0.15, 0.2) is 11.6 Å². The lowest BCUT2D eigenvalue weighted by atomic mass is 9.48. The van der Waals surface area contributed by atoms with Crippen molar-refractivity contribution in [1.82, 2.24) is 0 Å². The van der Waals surface area contributed by atoms with Crippen molar-refractivity contribution in [2.75, 3.05) is 0 Å². The summed E-state index contributed by atoms with van der Waals surface area (Å²) in [6, 6.07) is 0. The third-order valence-corrected chi connectivity index (χ3v) is 7.45. The molecule has 0 spiro atoms. The summed E-state index contributed by atoms with van der Waals surface area (Å²) in [7, 11) is -4.41. The predicted molar refractivity (Wildman–Crippen MR) is 102 cm³/mol. The van der Waals surface area contributed by atoms with E-state index in [2.05, 4.69) is 40.7 Å². The van der Waals surface area contributed by atoms with Crippen LogP contribution in [0.25, 0.3) is 0 Å². The van der Waals surface area contributed by atoms with Crippen LogP contribution in [0.1, 0.15) is 86.0 Å². The number of rotatable bonds is 7. The highest BCUT2D eigenvalue weighted by Gasteiger charge is 2.52. The van der Waals surface area contributed by atoms with Crippen LogP contribution in [0, 0.1) is 22.7 Å². The minimum Gasteiger partial charge on any atom is -0.264 e. The minimum atomic E-state index is -4.41. The van der Waals surface area contributed by atoms with E-state index in [0.29, 0.717) is 30.1 Å². The Hall–Kier alpha value is -0.390. The van der Waals surface area contributed by atoms with Gasteiger partial charge in [-0.05, 0) is 61.7 Å². The normalized spacial score (nSPS) is 33.4. The average Bonchev–Trinajstić information content (AvgIpc) is 2.46. The Labute approximate surface area is 154 Å². The third kappa shape index (κ3) is 4.86. The standard InChI is InChI=1S/C20H36O4S/c1-6-7-9-16(24-25(21,22)23)14-17-15(2)10-11-18-19(3,4)12-8-13-20(17,18)5/h10,16-18H,6-9,11-14H2,1-5H3,(H,21,22,23)/t16?,17-,18-,20+/m0/s1. The van der Waals surface area contributed by atoms with E-state index in [1.807, 2.05) is 0 Å². The average molecular weight is 373 g/mol. The fourth-order valence-corrected chi connectivity index (χ4v) is 6.18. The predicted octanol–water partition coefficient (Wildman–Crippen LogP) is 5.55. The van der Waals surface area contributed by atoms with Gasteiger partial charge in [-0.1, -0.05) is 58.6 Å². The summed E-state index contributed by atoms with van der Waals surface area (Å²) in [6.07, 6.45) is 9.93. The molecule has 2 rings (SSSR count). The summed E-state index contributed by atoms with van der Waals surface area (Å²) in [6.45, 7) is 11.4. The van der Waals surface area contributed by atoms with E-state index >= 15 is 0 Å². The van der Waals surface area contributed by atoms with Crippen molar-refractivity contribution < 1.29 is 17.2 Å². The molecule has 0 saturated heterocycles. The van der Waals surface area contributed by atoms with Crippen LogP contribution < -0.4 is 0 Å². The van der Waals surface area contributed by atoms with Gasteiger partial charge in [-0.3, -0.25) is 4.55 Å². The molecule has 0 aliphatic heterocycles. The largest absolute Gasteiger partial charge is 0.397 e. The Morgan fingerprint density at radius 1 is 1.32 bits per heavy atom. The van der Waals surface area contributed by atoms with Crippen LogP contribution in [0.2, 0.25) is 0 Å². The van der Waals surface area contributed by atoms with Gasteiger partial charge in [0.25, 0.3) is 0 Å². The second-order valence-electron chi connectivity index (χ2n) is 9.16. The van der Waals surface area contributed by atoms with E-state index in [4.69, 9.17) is 4.18 Å². The SMILES string of the molecule is CCCCC(C[C@H]1C(C)=CC[C@H]2C(C)(C)CCC[C@]12C)OS(=O)(=O)O. The maximum atomic E-state index is 11.3. The second-order valence-corrected chi connectivity index (χ2v) is 10.2. The molecule has 1 fully saturated rings. The second kappa shape index (κ2) is 7.69. The highest BCUT2D eigenvalue weighted by Crippen LogP contribution is 2.60. The molecule has 0 bridgehead atoms. The number of hydrogen-bond donors (Lipinski definition) is 1. The van der Waals surface area contributed by atoms with Gasteiger partial charge in [0.05, 0.1) is 6.10 Å². The van der Waals surface area contributed by atoms with Gasteiger partial charge in [0.2, 0.25) is 0 Å². The molecule has 0 radical (unpaired) electrons. The molecule has 1 saturated carbocycles. The zero-order valence-corrected chi connectivity index (χ0v) is 17.4. The van der Waals surface area contributed by atoms with E-state index in [9.17, 15) is 13.0 Å². The number of unbranched alkanes of at least 4 members (excludes halogenated alkanes) is 1. The topological polar surface area (TPSA) is 63.6 Å². The molecule has 4 nitrogen and oxygen atoms in total. The maximum absolute atomic E-state index is 11.3. The summed E-state index contributed by atoms with van der Waals surface area (Å²) in [5.74, 6) is 0.925. The Kier molecular flexibility index (Phi) is 6.44. The van der Waals surface area contributed by atoms with Crippen molar-refractivity contribution in [3.05, 3.63) is 11.6 Å². The van der Waals surface area contributed by atoms with Gasteiger partial charge in [-0.25, -0.2) is 4.18 Å². The van der Waals surface area contributed by atoms with E-state index in [1.165, 1.54) is 24.8 Å². The first-order valence-electron chi connectivity index (χ1n) is 9.82. The number of allylic oxidation sites excluding steroid dienone is 2. The van der Waals surface area contributed by atoms with Crippen LogP contribution in [0.3, 0.4) is 0 Å². The van der Waals surface area contributed by atoms with E-state index < -0.39 is 16.5 Å². The lowest BCUT2D eigenvalue weighted by Crippen LogP contribution is -2.49. The van der Waals surface area contributed by atoms with Gasteiger partial charge in [0.15, 0.2) is 0 Å². The first-order chi connectivity index (χ1) is 11.5. The van der Waals surface area contributed by atoms with Crippen LogP contribution in [0.5, 0.6) is 0 Å². The molecule has 0 amide bonds. The van der Waals surface area contributed by atoms with Crippen LogP contribution in [0.4, 0.5) is 0 Å². The summed E-state index contributed by atoms with van der Waals surface area (Å²) in [5.41, 5.74) is 1.84. The molecule has 0 aromatic heterocycles. The van der Waals surface area contributed by atoms with Crippen molar-refractivity contribution in [2.24, 2.45) is 22.7 Å². The molecular formula is C20H36O4S. The van der Waals surface area contributed by atoms with Gasteiger partial charge >= 0.3 is 10.4 Å². The van der Waals surface area contributed by atoms with Gasteiger partial charge in [0.1, 0.15) is 0 Å². The molecule has 0 heterocycles. The third-order valence-electron chi connectivity index (χ3n) is 6.93. The Balaban J connectivity index is 2.27. The fraction of sp³-hybridized carbons (Fsp3) is 0.900. The van der Waals surface area contributed by atoms with E-state index in [1.54, 1.807) is 0 Å². The molecule has 146 valence electrons. The van der Waals surface area contributed by atoms with Crippen LogP contribution >= 0.6 is 0 Å². The first kappa shape index (κ1) is 20.9. The summed E-state index contributed by atoms with van der Waals surface area (Å²) < 4.78 is 36.9. The van der Waals surface area contributed by atoms with Crippen molar-refractivity contribution in [1.29, 1.82) is 0 Å². The number of hydrogen-bond acceptors (Lipinski definition) is 3. The molecule has 1 N–H and O–H groups in total. The molecule has 1 unspecified atom stereocenters. The number of fused-ring (bicyclic) bond motifs is 1. The molecular weight excluding hydrogens is 336 g/mol. The lowest BCUT2D eigenvalue weighted by Gasteiger charge is -2.57. The lowest BCUT2D eigenvalue weighted by molar-refractivity contribution is -0.0483. The molecule has 2 aliphatic carbocycles. The quantitative estimate of drug-likeness (QED) is 0.470. The monoisotopic (exact) mass is 372 g/mol. The molecule has 4 atom stereocenters. The Morgan fingerprint density at radius 2 is 2.00 bits per heavy atom. The zero-order valence-electron chi connectivity index (χ0n) is 16.5. The van der Waals surface area contributed by atoms with Crippen molar-refractivity contribution in [3.8, 4) is 0 Å². The Morgan fingerprint density at radius 3 is 2.60 bits per heavy atom.